The van der Waals surface area contributed by atoms with Crippen LogP contribution in [0, 0.1) is 6.92 Å². The molecule has 0 aliphatic rings. The topological polar surface area (TPSA) is 51.5 Å². The maximum atomic E-state index is 12.2. The van der Waals surface area contributed by atoms with Gasteiger partial charge in [0.05, 0.1) is 0 Å². The van der Waals surface area contributed by atoms with Crippen molar-refractivity contribution in [2.45, 2.75) is 13.0 Å². The molecule has 1 atom stereocenters. The second-order valence-corrected chi connectivity index (χ2v) is 6.35. The van der Waals surface area contributed by atoms with E-state index in [0.717, 1.165) is 10.3 Å². The summed E-state index contributed by atoms with van der Waals surface area (Å²) in [4.78, 5) is 14.5. The molecular formula is C17H17NO3S. The summed E-state index contributed by atoms with van der Waals surface area (Å²) in [5.41, 5.74) is 0.713. The molecule has 114 valence electrons. The Bertz CT molecular complexity index is 757. The number of fused-ring (bicyclic) bond motifs is 1. The van der Waals surface area contributed by atoms with Crippen LogP contribution in [0.1, 0.15) is 26.4 Å². The summed E-state index contributed by atoms with van der Waals surface area (Å²) in [6, 6.07) is 13.4. The van der Waals surface area contributed by atoms with E-state index < -0.39 is 0 Å². The first-order valence-corrected chi connectivity index (χ1v) is 7.85. The lowest BCUT2D eigenvalue weighted by Crippen LogP contribution is -2.28. The van der Waals surface area contributed by atoms with Crippen LogP contribution in [-0.2, 0) is 4.74 Å². The van der Waals surface area contributed by atoms with Gasteiger partial charge in [0.1, 0.15) is 11.7 Å². The van der Waals surface area contributed by atoms with Crippen LogP contribution in [0.4, 0.5) is 0 Å². The van der Waals surface area contributed by atoms with Crippen molar-refractivity contribution in [2.24, 2.45) is 0 Å². The number of carbonyl (C=O) groups is 1. The highest BCUT2D eigenvalue weighted by atomic mass is 32.1. The Hall–Kier alpha value is -2.11. The molecule has 5 heteroatoms. The molecule has 22 heavy (non-hydrogen) atoms. The summed E-state index contributed by atoms with van der Waals surface area (Å²) >= 11 is 1.67. The van der Waals surface area contributed by atoms with E-state index in [-0.39, 0.29) is 12.0 Å². The third-order valence-corrected chi connectivity index (χ3v) is 4.55. The fourth-order valence-electron chi connectivity index (χ4n) is 2.29. The molecule has 3 rings (SSSR count). The Labute approximate surface area is 132 Å². The highest BCUT2D eigenvalue weighted by Crippen LogP contribution is 2.25. The van der Waals surface area contributed by atoms with Crippen LogP contribution in [0.2, 0.25) is 0 Å². The van der Waals surface area contributed by atoms with Crippen molar-refractivity contribution in [3.8, 4) is 0 Å². The van der Waals surface area contributed by atoms with Crippen LogP contribution in [0.15, 0.2) is 46.9 Å². The number of rotatable bonds is 5. The molecule has 0 bridgehead atoms. The fourth-order valence-corrected chi connectivity index (χ4v) is 3.25. The minimum absolute atomic E-state index is 0.146. The number of benzene rings is 1. The van der Waals surface area contributed by atoms with Crippen LogP contribution in [0.3, 0.4) is 0 Å². The second-order valence-electron chi connectivity index (χ2n) is 5.03. The van der Waals surface area contributed by atoms with Gasteiger partial charge in [0.2, 0.25) is 0 Å². The SMILES string of the molecule is COC(CNC(=O)c1cc2ccccc2o1)c1ccc(C)s1. The van der Waals surface area contributed by atoms with Crippen molar-refractivity contribution in [3.05, 3.63) is 58.0 Å². The monoisotopic (exact) mass is 315 g/mol. The van der Waals surface area contributed by atoms with E-state index in [0.29, 0.717) is 17.9 Å². The van der Waals surface area contributed by atoms with Gasteiger partial charge in [0.25, 0.3) is 5.91 Å². The van der Waals surface area contributed by atoms with Crippen molar-refractivity contribution in [1.29, 1.82) is 0 Å². The highest BCUT2D eigenvalue weighted by Gasteiger charge is 2.16. The number of thiophene rings is 1. The maximum Gasteiger partial charge on any atom is 0.287 e. The minimum Gasteiger partial charge on any atom is -0.451 e. The molecule has 1 N–H and O–H groups in total. The van der Waals surface area contributed by atoms with Crippen LogP contribution < -0.4 is 5.32 Å². The Morgan fingerprint density at radius 3 is 2.82 bits per heavy atom. The van der Waals surface area contributed by atoms with Crippen LogP contribution in [0.25, 0.3) is 11.0 Å². The van der Waals surface area contributed by atoms with Gasteiger partial charge in [0, 0.05) is 28.8 Å². The first-order chi connectivity index (χ1) is 10.7. The molecule has 4 nitrogen and oxygen atoms in total. The molecule has 3 aromatic rings. The number of para-hydroxylation sites is 1. The summed E-state index contributed by atoms with van der Waals surface area (Å²) in [5.74, 6) is 0.0879. The molecule has 1 unspecified atom stereocenters. The first kappa shape index (κ1) is 14.8. The molecule has 1 aromatic carbocycles. The largest absolute Gasteiger partial charge is 0.451 e. The van der Waals surface area contributed by atoms with Crippen molar-refractivity contribution in [3.63, 3.8) is 0 Å². The number of carbonyl (C=O) groups excluding carboxylic acids is 1. The maximum absolute atomic E-state index is 12.2. The Kier molecular flexibility index (Phi) is 4.27. The van der Waals surface area contributed by atoms with Gasteiger partial charge < -0.3 is 14.5 Å². The molecule has 1 amide bonds. The average molecular weight is 315 g/mol. The highest BCUT2D eigenvalue weighted by molar-refractivity contribution is 7.12. The van der Waals surface area contributed by atoms with Gasteiger partial charge in [-0.1, -0.05) is 18.2 Å². The number of aryl methyl sites for hydroxylation is 1. The zero-order valence-corrected chi connectivity index (χ0v) is 13.3. The lowest BCUT2D eigenvalue weighted by molar-refractivity contribution is 0.0818. The summed E-state index contributed by atoms with van der Waals surface area (Å²) in [6.07, 6.45) is -0.146. The average Bonchev–Trinajstić information content (AvgIpc) is 3.14. The molecule has 0 aliphatic carbocycles. The molecule has 0 saturated heterocycles. The van der Waals surface area contributed by atoms with Gasteiger partial charge in [-0.05, 0) is 31.2 Å². The minimum atomic E-state index is -0.230. The lowest BCUT2D eigenvalue weighted by Gasteiger charge is -2.13. The second kappa shape index (κ2) is 6.34. The summed E-state index contributed by atoms with van der Waals surface area (Å²) < 4.78 is 11.0. The number of furan rings is 1. The molecule has 0 saturated carbocycles. The number of hydrogen-bond acceptors (Lipinski definition) is 4. The number of nitrogens with one attached hydrogen (secondary N) is 1. The van der Waals surface area contributed by atoms with Crippen molar-refractivity contribution in [1.82, 2.24) is 5.32 Å². The summed E-state index contributed by atoms with van der Waals surface area (Å²) in [6.45, 7) is 2.46. The number of ether oxygens (including phenoxy) is 1. The molecule has 2 aromatic heterocycles. The Balaban J connectivity index is 1.68. The Morgan fingerprint density at radius 1 is 1.32 bits per heavy atom. The number of methoxy groups -OCH3 is 1. The summed E-state index contributed by atoms with van der Waals surface area (Å²) in [5, 5.41) is 3.79. The van der Waals surface area contributed by atoms with Gasteiger partial charge in [-0.15, -0.1) is 11.3 Å². The molecule has 0 radical (unpaired) electrons. The van der Waals surface area contributed by atoms with Crippen molar-refractivity contribution < 1.29 is 13.9 Å². The van der Waals surface area contributed by atoms with E-state index in [4.69, 9.17) is 9.15 Å². The number of amides is 1. The smallest absolute Gasteiger partial charge is 0.287 e. The third kappa shape index (κ3) is 3.05. The van der Waals surface area contributed by atoms with E-state index >= 15 is 0 Å². The van der Waals surface area contributed by atoms with Crippen molar-refractivity contribution in [2.75, 3.05) is 13.7 Å². The van der Waals surface area contributed by atoms with Crippen LogP contribution in [0.5, 0.6) is 0 Å². The predicted octanol–water partition coefficient (Wildman–Crippen LogP) is 3.92. The van der Waals surface area contributed by atoms with Crippen LogP contribution >= 0.6 is 11.3 Å². The normalized spacial score (nSPS) is 12.5. The van der Waals surface area contributed by atoms with Crippen LogP contribution in [-0.4, -0.2) is 19.6 Å². The predicted molar refractivity (Wildman–Crippen MR) is 87.4 cm³/mol. The van der Waals surface area contributed by atoms with E-state index in [1.807, 2.05) is 43.3 Å². The van der Waals surface area contributed by atoms with E-state index in [1.54, 1.807) is 24.5 Å². The first-order valence-electron chi connectivity index (χ1n) is 7.03. The van der Waals surface area contributed by atoms with Gasteiger partial charge in [-0.25, -0.2) is 0 Å². The fraction of sp³-hybridized carbons (Fsp3) is 0.235. The van der Waals surface area contributed by atoms with Gasteiger partial charge in [0.15, 0.2) is 5.76 Å². The van der Waals surface area contributed by atoms with Crippen molar-refractivity contribution >= 4 is 28.2 Å². The van der Waals surface area contributed by atoms with Gasteiger partial charge >= 0.3 is 0 Å². The Morgan fingerprint density at radius 2 is 2.14 bits per heavy atom. The molecule has 0 aliphatic heterocycles. The summed E-state index contributed by atoms with van der Waals surface area (Å²) in [7, 11) is 1.65. The third-order valence-electron chi connectivity index (χ3n) is 3.46. The standard InChI is InChI=1S/C17H17NO3S/c1-11-7-8-16(22-11)15(20-2)10-18-17(19)14-9-12-5-3-4-6-13(12)21-14/h3-9,15H,10H2,1-2H3,(H,18,19). The quantitative estimate of drug-likeness (QED) is 0.776. The van der Waals surface area contributed by atoms with E-state index in [9.17, 15) is 4.79 Å². The number of hydrogen-bond donors (Lipinski definition) is 1. The van der Waals surface area contributed by atoms with Gasteiger partial charge in [-0.3, -0.25) is 4.79 Å². The van der Waals surface area contributed by atoms with E-state index in [1.165, 1.54) is 4.88 Å². The lowest BCUT2D eigenvalue weighted by atomic mass is 10.2. The zero-order chi connectivity index (χ0) is 15.5. The van der Waals surface area contributed by atoms with E-state index in [2.05, 4.69) is 5.32 Å². The molecule has 0 fully saturated rings. The molecule has 0 spiro atoms. The zero-order valence-electron chi connectivity index (χ0n) is 12.5. The molecule has 2 heterocycles. The molecular weight excluding hydrogens is 298 g/mol. The van der Waals surface area contributed by atoms with Gasteiger partial charge in [-0.2, -0.15) is 0 Å².